The molecule has 0 amide bonds. The number of aryl methyl sites for hydroxylation is 1. The fourth-order valence-electron chi connectivity index (χ4n) is 3.65. The molecule has 0 unspecified atom stereocenters. The van der Waals surface area contributed by atoms with Crippen molar-refractivity contribution in [1.29, 1.82) is 0 Å². The van der Waals surface area contributed by atoms with E-state index in [1.807, 2.05) is 18.5 Å². The summed E-state index contributed by atoms with van der Waals surface area (Å²) in [7, 11) is 3.78. The lowest BCUT2D eigenvalue weighted by Crippen LogP contribution is -2.44. The van der Waals surface area contributed by atoms with Gasteiger partial charge in [0.25, 0.3) is 0 Å². The number of hydrogen-bond donors (Lipinski definition) is 2. The van der Waals surface area contributed by atoms with E-state index in [2.05, 4.69) is 56.2 Å². The Morgan fingerprint density at radius 1 is 1.15 bits per heavy atom. The molecule has 1 heterocycles. The van der Waals surface area contributed by atoms with Crippen molar-refractivity contribution in [2.24, 2.45) is 12.0 Å². The molecule has 1 aliphatic rings. The van der Waals surface area contributed by atoms with Crippen LogP contribution in [-0.4, -0.2) is 34.3 Å². The first-order valence-electron chi connectivity index (χ1n) is 8.99. The molecule has 0 aliphatic heterocycles. The highest BCUT2D eigenvalue weighted by molar-refractivity contribution is 14.0. The van der Waals surface area contributed by atoms with Gasteiger partial charge in [0.2, 0.25) is 0 Å². The average molecular weight is 468 g/mol. The molecule has 0 spiro atoms. The van der Waals surface area contributed by atoms with Gasteiger partial charge in [0.05, 0.1) is 6.54 Å². The van der Waals surface area contributed by atoms with Crippen LogP contribution in [0, 0.1) is 6.92 Å². The Labute approximate surface area is 172 Å². The van der Waals surface area contributed by atoms with E-state index in [0.29, 0.717) is 6.54 Å². The third-order valence-electron chi connectivity index (χ3n) is 5.36. The lowest BCUT2D eigenvalue weighted by molar-refractivity contribution is 0.431. The predicted octanol–water partition coefficient (Wildman–Crippen LogP) is 2.92. The number of guanidine groups is 1. The fraction of sp³-hybridized carbons (Fsp3) is 0.526. The summed E-state index contributed by atoms with van der Waals surface area (Å²) < 4.78 is 1.99. The van der Waals surface area contributed by atoms with Gasteiger partial charge in [0.15, 0.2) is 11.8 Å². The van der Waals surface area contributed by atoms with Gasteiger partial charge in [-0.25, -0.2) is 0 Å². The molecule has 3 rings (SSSR count). The number of hydrogen-bond acceptors (Lipinski definition) is 3. The van der Waals surface area contributed by atoms with E-state index in [0.717, 1.165) is 24.2 Å². The second-order valence-electron chi connectivity index (χ2n) is 6.86. The van der Waals surface area contributed by atoms with Gasteiger partial charge in [-0.1, -0.05) is 43.2 Å². The highest BCUT2D eigenvalue weighted by Crippen LogP contribution is 2.40. The van der Waals surface area contributed by atoms with Crippen molar-refractivity contribution in [3.8, 4) is 0 Å². The van der Waals surface area contributed by atoms with Gasteiger partial charge in [-0.05, 0) is 25.3 Å². The summed E-state index contributed by atoms with van der Waals surface area (Å²) in [6.07, 6.45) is 5.04. The minimum Gasteiger partial charge on any atom is -0.356 e. The zero-order valence-electron chi connectivity index (χ0n) is 15.8. The van der Waals surface area contributed by atoms with Crippen molar-refractivity contribution in [3.05, 3.63) is 47.5 Å². The molecule has 1 aromatic carbocycles. The van der Waals surface area contributed by atoms with Crippen LogP contribution >= 0.6 is 24.0 Å². The van der Waals surface area contributed by atoms with Crippen molar-refractivity contribution in [1.82, 2.24) is 25.4 Å². The summed E-state index contributed by atoms with van der Waals surface area (Å²) in [5, 5.41) is 15.2. The molecule has 0 saturated heterocycles. The zero-order chi connectivity index (χ0) is 17.7. The van der Waals surface area contributed by atoms with Crippen LogP contribution in [0.3, 0.4) is 0 Å². The van der Waals surface area contributed by atoms with Crippen LogP contribution in [0.2, 0.25) is 0 Å². The normalized spacial score (nSPS) is 16.2. The van der Waals surface area contributed by atoms with Crippen LogP contribution in [0.1, 0.15) is 42.9 Å². The first-order valence-corrected chi connectivity index (χ1v) is 8.99. The molecular weight excluding hydrogens is 439 g/mol. The maximum Gasteiger partial charge on any atom is 0.191 e. The molecule has 1 aromatic heterocycles. The van der Waals surface area contributed by atoms with Crippen LogP contribution < -0.4 is 10.6 Å². The lowest BCUT2D eigenvalue weighted by Gasteiger charge is -2.30. The molecule has 2 N–H and O–H groups in total. The summed E-state index contributed by atoms with van der Waals surface area (Å²) >= 11 is 0. The minimum atomic E-state index is 0. The Kier molecular flexibility index (Phi) is 7.43. The molecule has 1 aliphatic carbocycles. The summed E-state index contributed by atoms with van der Waals surface area (Å²) in [6, 6.07) is 10.9. The molecule has 0 atom stereocenters. The minimum absolute atomic E-state index is 0. The van der Waals surface area contributed by atoms with E-state index in [4.69, 9.17) is 0 Å². The van der Waals surface area contributed by atoms with Gasteiger partial charge in [-0.2, -0.15) is 0 Å². The van der Waals surface area contributed by atoms with Crippen LogP contribution in [-0.2, 0) is 19.0 Å². The highest BCUT2D eigenvalue weighted by atomic mass is 127. The quantitative estimate of drug-likeness (QED) is 0.403. The Balaban J connectivity index is 0.00000243. The summed E-state index contributed by atoms with van der Waals surface area (Å²) in [5.41, 5.74) is 1.64. The van der Waals surface area contributed by atoms with Crippen molar-refractivity contribution < 1.29 is 0 Å². The number of halogens is 1. The standard InChI is InChI=1S/C19H28N6.HI/c1-15-23-24-17(25(15)3)13-21-18(20-2)22-14-19(11-7-8-12-19)16-9-5-4-6-10-16;/h4-6,9-10H,7-8,11-14H2,1-3H3,(H2,20,21,22);1H. The van der Waals surface area contributed by atoms with Crippen molar-refractivity contribution in [2.75, 3.05) is 13.6 Å². The SMILES string of the molecule is CN=C(NCc1nnc(C)n1C)NCC1(c2ccccc2)CCCC1.I. The molecule has 1 saturated carbocycles. The highest BCUT2D eigenvalue weighted by Gasteiger charge is 2.35. The van der Waals surface area contributed by atoms with Gasteiger partial charge in [0, 0.05) is 26.1 Å². The number of aromatic nitrogens is 3. The Bertz CT molecular complexity index is 719. The zero-order valence-corrected chi connectivity index (χ0v) is 18.2. The first-order chi connectivity index (χ1) is 12.1. The van der Waals surface area contributed by atoms with E-state index >= 15 is 0 Å². The second kappa shape index (κ2) is 9.34. The Morgan fingerprint density at radius 2 is 1.85 bits per heavy atom. The monoisotopic (exact) mass is 468 g/mol. The lowest BCUT2D eigenvalue weighted by atomic mass is 9.79. The van der Waals surface area contributed by atoms with Gasteiger partial charge in [-0.15, -0.1) is 34.2 Å². The summed E-state index contributed by atoms with van der Waals surface area (Å²) in [4.78, 5) is 4.36. The Hall–Kier alpha value is -1.64. The molecule has 7 heteroatoms. The number of nitrogens with one attached hydrogen (secondary N) is 2. The van der Waals surface area contributed by atoms with Crippen molar-refractivity contribution in [2.45, 2.75) is 44.6 Å². The molecular formula is C19H29IN6. The topological polar surface area (TPSA) is 67.1 Å². The first kappa shape index (κ1) is 20.7. The van der Waals surface area contributed by atoms with E-state index in [9.17, 15) is 0 Å². The van der Waals surface area contributed by atoms with Gasteiger partial charge in [0.1, 0.15) is 5.82 Å². The molecule has 6 nitrogen and oxygen atoms in total. The van der Waals surface area contributed by atoms with Gasteiger partial charge in [-0.3, -0.25) is 4.99 Å². The fourth-order valence-corrected chi connectivity index (χ4v) is 3.65. The Morgan fingerprint density at radius 3 is 2.42 bits per heavy atom. The molecule has 142 valence electrons. The predicted molar refractivity (Wildman–Crippen MR) is 116 cm³/mol. The number of benzene rings is 1. The van der Waals surface area contributed by atoms with E-state index < -0.39 is 0 Å². The average Bonchev–Trinajstić information content (AvgIpc) is 3.25. The van der Waals surface area contributed by atoms with Gasteiger partial charge < -0.3 is 15.2 Å². The van der Waals surface area contributed by atoms with E-state index in [1.165, 1.54) is 31.2 Å². The molecule has 0 bridgehead atoms. The van der Waals surface area contributed by atoms with Gasteiger partial charge >= 0.3 is 0 Å². The van der Waals surface area contributed by atoms with Crippen LogP contribution in [0.4, 0.5) is 0 Å². The molecule has 1 fully saturated rings. The largest absolute Gasteiger partial charge is 0.356 e. The molecule has 26 heavy (non-hydrogen) atoms. The van der Waals surface area contributed by atoms with Crippen molar-refractivity contribution in [3.63, 3.8) is 0 Å². The second-order valence-corrected chi connectivity index (χ2v) is 6.86. The van der Waals surface area contributed by atoms with E-state index in [-0.39, 0.29) is 29.4 Å². The van der Waals surface area contributed by atoms with Crippen LogP contribution in [0.5, 0.6) is 0 Å². The summed E-state index contributed by atoms with van der Waals surface area (Å²) in [6.45, 7) is 3.46. The number of aliphatic imine (C=N–C) groups is 1. The maximum atomic E-state index is 4.36. The number of rotatable bonds is 5. The number of nitrogens with zero attached hydrogens (tertiary/aromatic N) is 4. The third kappa shape index (κ3) is 4.55. The maximum absolute atomic E-state index is 4.36. The molecule has 0 radical (unpaired) electrons. The summed E-state index contributed by atoms with van der Waals surface area (Å²) in [5.74, 6) is 2.62. The third-order valence-corrected chi connectivity index (χ3v) is 5.36. The van der Waals surface area contributed by atoms with Crippen LogP contribution in [0.25, 0.3) is 0 Å². The van der Waals surface area contributed by atoms with Crippen molar-refractivity contribution >= 4 is 29.9 Å². The molecule has 2 aromatic rings. The smallest absolute Gasteiger partial charge is 0.191 e. The van der Waals surface area contributed by atoms with E-state index in [1.54, 1.807) is 7.05 Å². The van der Waals surface area contributed by atoms with Crippen LogP contribution in [0.15, 0.2) is 35.3 Å².